The van der Waals surface area contributed by atoms with Crippen molar-refractivity contribution in [3.05, 3.63) is 30.1 Å². The van der Waals surface area contributed by atoms with Crippen LogP contribution in [0.5, 0.6) is 0 Å². The molecule has 1 aromatic carbocycles. The highest BCUT2D eigenvalue weighted by atomic mass is 19.1. The third-order valence-electron chi connectivity index (χ3n) is 4.23. The van der Waals surface area contributed by atoms with Gasteiger partial charge >= 0.3 is 0 Å². The van der Waals surface area contributed by atoms with E-state index in [-0.39, 0.29) is 5.82 Å². The van der Waals surface area contributed by atoms with Crippen LogP contribution in [0.15, 0.2) is 24.3 Å². The van der Waals surface area contributed by atoms with Gasteiger partial charge in [-0.3, -0.25) is 0 Å². The van der Waals surface area contributed by atoms with Gasteiger partial charge in [0.15, 0.2) is 0 Å². The van der Waals surface area contributed by atoms with Gasteiger partial charge in [-0.1, -0.05) is 19.8 Å². The summed E-state index contributed by atoms with van der Waals surface area (Å²) in [5.41, 5.74) is 1.07. The van der Waals surface area contributed by atoms with Gasteiger partial charge in [-0.25, -0.2) is 4.39 Å². The smallest absolute Gasteiger partial charge is 0.123 e. The molecule has 2 atom stereocenters. The monoisotopic (exact) mass is 264 g/mol. The standard InChI is InChI=1S/C16H25FN2/c1-13-5-3-4-6-16(13)18-11-12-19(2)15-9-7-14(17)8-10-15/h7-10,13,16,18H,3-6,11-12H2,1-2H3. The molecule has 1 aliphatic carbocycles. The Morgan fingerprint density at radius 1 is 1.21 bits per heavy atom. The molecular weight excluding hydrogens is 239 g/mol. The molecule has 0 heterocycles. The SMILES string of the molecule is CC1CCCCC1NCCN(C)c1ccc(F)cc1. The minimum atomic E-state index is -0.175. The molecule has 3 heteroatoms. The second-order valence-electron chi connectivity index (χ2n) is 5.72. The lowest BCUT2D eigenvalue weighted by atomic mass is 9.86. The molecule has 2 unspecified atom stereocenters. The van der Waals surface area contributed by atoms with Gasteiger partial charge in [-0.05, 0) is 43.0 Å². The van der Waals surface area contributed by atoms with Gasteiger partial charge < -0.3 is 10.2 Å². The first kappa shape index (κ1) is 14.3. The van der Waals surface area contributed by atoms with Crippen molar-refractivity contribution in [1.82, 2.24) is 5.32 Å². The first-order chi connectivity index (χ1) is 9.16. The van der Waals surface area contributed by atoms with E-state index in [4.69, 9.17) is 0 Å². The van der Waals surface area contributed by atoms with Gasteiger partial charge in [0.05, 0.1) is 0 Å². The normalized spacial score (nSPS) is 23.3. The molecule has 0 saturated heterocycles. The van der Waals surface area contributed by atoms with Crippen LogP contribution in [0.1, 0.15) is 32.6 Å². The van der Waals surface area contributed by atoms with Crippen molar-refractivity contribution in [3.8, 4) is 0 Å². The predicted molar refractivity (Wildman–Crippen MR) is 79.1 cm³/mol. The third-order valence-corrected chi connectivity index (χ3v) is 4.23. The molecule has 1 aromatic rings. The van der Waals surface area contributed by atoms with Crippen LogP contribution in [-0.4, -0.2) is 26.2 Å². The molecular formula is C16H25FN2. The molecule has 1 N–H and O–H groups in total. The summed E-state index contributed by atoms with van der Waals surface area (Å²) in [7, 11) is 2.05. The molecule has 1 aliphatic rings. The number of halogens is 1. The average molecular weight is 264 g/mol. The highest BCUT2D eigenvalue weighted by Crippen LogP contribution is 2.23. The zero-order chi connectivity index (χ0) is 13.7. The van der Waals surface area contributed by atoms with E-state index in [0.29, 0.717) is 6.04 Å². The summed E-state index contributed by atoms with van der Waals surface area (Å²) in [4.78, 5) is 2.17. The van der Waals surface area contributed by atoms with Crippen molar-refractivity contribution in [3.63, 3.8) is 0 Å². The van der Waals surface area contributed by atoms with Crippen molar-refractivity contribution in [2.75, 3.05) is 25.0 Å². The molecule has 0 spiro atoms. The van der Waals surface area contributed by atoms with Crippen molar-refractivity contribution in [2.24, 2.45) is 5.92 Å². The molecule has 1 fully saturated rings. The molecule has 2 rings (SSSR count). The van der Waals surface area contributed by atoms with Crippen LogP contribution in [0, 0.1) is 11.7 Å². The topological polar surface area (TPSA) is 15.3 Å². The van der Waals surface area contributed by atoms with E-state index in [1.807, 2.05) is 12.1 Å². The second-order valence-corrected chi connectivity index (χ2v) is 5.72. The van der Waals surface area contributed by atoms with E-state index in [0.717, 1.165) is 24.7 Å². The Bertz CT molecular complexity index is 377. The minimum Gasteiger partial charge on any atom is -0.373 e. The van der Waals surface area contributed by atoms with Crippen LogP contribution in [0.3, 0.4) is 0 Å². The average Bonchev–Trinajstić information content (AvgIpc) is 2.41. The van der Waals surface area contributed by atoms with E-state index in [1.54, 1.807) is 0 Å². The lowest BCUT2D eigenvalue weighted by molar-refractivity contribution is 0.283. The summed E-state index contributed by atoms with van der Waals surface area (Å²) < 4.78 is 12.9. The summed E-state index contributed by atoms with van der Waals surface area (Å²) in [6.45, 7) is 4.29. The summed E-state index contributed by atoms with van der Waals surface area (Å²) in [5, 5.41) is 3.67. The number of nitrogens with zero attached hydrogens (tertiary/aromatic N) is 1. The van der Waals surface area contributed by atoms with Crippen LogP contribution in [0.4, 0.5) is 10.1 Å². The quantitative estimate of drug-likeness (QED) is 0.876. The first-order valence-corrected chi connectivity index (χ1v) is 7.37. The lowest BCUT2D eigenvalue weighted by Gasteiger charge is -2.30. The van der Waals surface area contributed by atoms with Crippen molar-refractivity contribution < 1.29 is 4.39 Å². The molecule has 1 saturated carbocycles. The van der Waals surface area contributed by atoms with Crippen LogP contribution in [0.2, 0.25) is 0 Å². The van der Waals surface area contributed by atoms with Crippen LogP contribution < -0.4 is 10.2 Å². The molecule has 106 valence electrons. The maximum atomic E-state index is 12.9. The summed E-state index contributed by atoms with van der Waals surface area (Å²) in [6, 6.07) is 7.37. The van der Waals surface area contributed by atoms with Crippen LogP contribution in [-0.2, 0) is 0 Å². The summed E-state index contributed by atoms with van der Waals surface area (Å²) in [5.74, 6) is 0.621. The molecule has 0 amide bonds. The van der Waals surface area contributed by atoms with Crippen LogP contribution >= 0.6 is 0 Å². The second kappa shape index (κ2) is 6.90. The number of hydrogen-bond acceptors (Lipinski definition) is 2. The van der Waals surface area contributed by atoms with E-state index >= 15 is 0 Å². The van der Waals surface area contributed by atoms with Gasteiger partial charge in [-0.15, -0.1) is 0 Å². The Labute approximate surface area is 116 Å². The number of anilines is 1. The Morgan fingerprint density at radius 3 is 2.58 bits per heavy atom. The van der Waals surface area contributed by atoms with Crippen molar-refractivity contribution in [1.29, 1.82) is 0 Å². The molecule has 0 bridgehead atoms. The van der Waals surface area contributed by atoms with Gasteiger partial charge in [0.1, 0.15) is 5.82 Å². The van der Waals surface area contributed by atoms with Crippen molar-refractivity contribution >= 4 is 5.69 Å². The lowest BCUT2D eigenvalue weighted by Crippen LogP contribution is -2.41. The Balaban J connectivity index is 1.74. The van der Waals surface area contributed by atoms with Crippen LogP contribution in [0.25, 0.3) is 0 Å². The first-order valence-electron chi connectivity index (χ1n) is 7.37. The predicted octanol–water partition coefficient (Wildman–Crippen LogP) is 3.43. The van der Waals surface area contributed by atoms with E-state index < -0.39 is 0 Å². The Hall–Kier alpha value is -1.09. The molecule has 19 heavy (non-hydrogen) atoms. The van der Waals surface area contributed by atoms with Gasteiger partial charge in [0.2, 0.25) is 0 Å². The van der Waals surface area contributed by atoms with Crippen molar-refractivity contribution in [2.45, 2.75) is 38.6 Å². The van der Waals surface area contributed by atoms with E-state index in [1.165, 1.54) is 37.8 Å². The number of hydrogen-bond donors (Lipinski definition) is 1. The number of rotatable bonds is 5. The Kier molecular flexibility index (Phi) is 5.20. The summed E-state index contributed by atoms with van der Waals surface area (Å²) >= 11 is 0. The largest absolute Gasteiger partial charge is 0.373 e. The fourth-order valence-electron chi connectivity index (χ4n) is 2.86. The third kappa shape index (κ3) is 4.20. The van der Waals surface area contributed by atoms with Gasteiger partial charge in [-0.2, -0.15) is 0 Å². The summed E-state index contributed by atoms with van der Waals surface area (Å²) in [6.07, 6.45) is 5.40. The highest BCUT2D eigenvalue weighted by Gasteiger charge is 2.20. The number of likely N-dealkylation sites (N-methyl/N-ethyl adjacent to an activating group) is 1. The zero-order valence-electron chi connectivity index (χ0n) is 12.0. The molecule has 2 nitrogen and oxygen atoms in total. The Morgan fingerprint density at radius 2 is 1.89 bits per heavy atom. The maximum absolute atomic E-state index is 12.9. The zero-order valence-corrected chi connectivity index (χ0v) is 12.0. The minimum absolute atomic E-state index is 0.175. The number of benzene rings is 1. The highest BCUT2D eigenvalue weighted by molar-refractivity contribution is 5.45. The van der Waals surface area contributed by atoms with E-state index in [2.05, 4.69) is 24.2 Å². The molecule has 0 radical (unpaired) electrons. The fourth-order valence-corrected chi connectivity index (χ4v) is 2.86. The van der Waals surface area contributed by atoms with Gasteiger partial charge in [0.25, 0.3) is 0 Å². The molecule has 0 aliphatic heterocycles. The van der Waals surface area contributed by atoms with E-state index in [9.17, 15) is 4.39 Å². The molecule has 0 aromatic heterocycles. The van der Waals surface area contributed by atoms with Gasteiger partial charge in [0, 0.05) is 31.9 Å². The maximum Gasteiger partial charge on any atom is 0.123 e. The fraction of sp³-hybridized carbons (Fsp3) is 0.625. The number of nitrogens with one attached hydrogen (secondary N) is 1.